The number of amides is 2. The van der Waals surface area contributed by atoms with Gasteiger partial charge in [-0.3, -0.25) is 9.59 Å². The van der Waals surface area contributed by atoms with Crippen LogP contribution in [0.15, 0.2) is 60.7 Å². The highest BCUT2D eigenvalue weighted by Crippen LogP contribution is 2.44. The zero-order valence-corrected chi connectivity index (χ0v) is 19.4. The molecule has 2 aromatic carbocycles. The van der Waals surface area contributed by atoms with E-state index in [-0.39, 0.29) is 12.4 Å². The quantitative estimate of drug-likeness (QED) is 0.466. The van der Waals surface area contributed by atoms with Crippen molar-refractivity contribution in [3.63, 3.8) is 0 Å². The molecule has 178 valence electrons. The molecule has 2 aliphatic rings. The Hall–Kier alpha value is -3.53. The van der Waals surface area contributed by atoms with E-state index < -0.39 is 46.8 Å². The van der Waals surface area contributed by atoms with Crippen LogP contribution in [0.4, 0.5) is 0 Å². The molecule has 0 saturated carbocycles. The van der Waals surface area contributed by atoms with E-state index in [1.165, 1.54) is 23.8 Å². The van der Waals surface area contributed by atoms with Crippen molar-refractivity contribution >= 4 is 35.5 Å². The monoisotopic (exact) mass is 484 g/mol. The molecule has 2 fully saturated rings. The zero-order valence-electron chi connectivity index (χ0n) is 18.6. The van der Waals surface area contributed by atoms with Gasteiger partial charge in [-0.2, -0.15) is 0 Å². The first-order chi connectivity index (χ1) is 16.3. The average molecular weight is 485 g/mol. The molecule has 2 heterocycles. The molecule has 10 heteroatoms. The van der Waals surface area contributed by atoms with E-state index in [0.29, 0.717) is 11.3 Å². The number of rotatable bonds is 7. The number of hydrogen-bond acceptors (Lipinski definition) is 8. The number of hydrogen-bond donors (Lipinski definition) is 1. The van der Waals surface area contributed by atoms with Gasteiger partial charge in [0.2, 0.25) is 5.91 Å². The molecule has 0 aromatic heterocycles. The van der Waals surface area contributed by atoms with Gasteiger partial charge in [0.25, 0.3) is 5.91 Å². The molecule has 1 N–H and O–H groups in total. The molecule has 0 radical (unpaired) electrons. The second kappa shape index (κ2) is 9.76. The van der Waals surface area contributed by atoms with Gasteiger partial charge in [0.05, 0.1) is 12.7 Å². The summed E-state index contributed by atoms with van der Waals surface area (Å²) in [5.74, 6) is -1.45. The van der Waals surface area contributed by atoms with Crippen molar-refractivity contribution in [1.29, 1.82) is 0 Å². The van der Waals surface area contributed by atoms with Gasteiger partial charge in [-0.1, -0.05) is 36.4 Å². The molecule has 0 aliphatic carbocycles. The molecule has 2 aliphatic heterocycles. The largest absolute Gasteiger partial charge is 0.484 e. The normalized spacial score (nSPS) is 25.4. The number of methoxy groups -OCH3 is 1. The van der Waals surface area contributed by atoms with E-state index in [1.54, 1.807) is 61.5 Å². The molecule has 2 amide bonds. The van der Waals surface area contributed by atoms with E-state index in [0.717, 1.165) is 0 Å². The van der Waals surface area contributed by atoms with Crippen molar-refractivity contribution in [3.8, 4) is 5.75 Å². The van der Waals surface area contributed by atoms with Crippen molar-refractivity contribution in [2.45, 2.75) is 30.0 Å². The lowest BCUT2D eigenvalue weighted by Crippen LogP contribution is -2.79. The number of nitrogens with zero attached hydrogens (tertiary/aromatic N) is 1. The van der Waals surface area contributed by atoms with Crippen LogP contribution in [0.1, 0.15) is 17.3 Å². The summed E-state index contributed by atoms with van der Waals surface area (Å²) in [5, 5.41) is 2.17. The summed E-state index contributed by atoms with van der Waals surface area (Å²) >= 11 is 1.32. The lowest BCUT2D eigenvalue weighted by Gasteiger charge is -2.56. The molecule has 0 bridgehead atoms. The van der Waals surface area contributed by atoms with Crippen molar-refractivity contribution in [1.82, 2.24) is 10.2 Å². The SMILES string of the molecule is COC(=O)C1N2C(=O)C(NC(=O)COc3ccccc3)[C@H]2SC[C@@]1(C)OC(=O)c1ccccc1. The maximum absolute atomic E-state index is 13.0. The Morgan fingerprint density at radius 3 is 2.38 bits per heavy atom. The van der Waals surface area contributed by atoms with Crippen LogP contribution in [0.3, 0.4) is 0 Å². The number of esters is 2. The molecule has 4 rings (SSSR count). The Kier molecular flexibility index (Phi) is 6.78. The fourth-order valence-electron chi connectivity index (χ4n) is 3.98. The van der Waals surface area contributed by atoms with Crippen LogP contribution in [-0.4, -0.2) is 71.2 Å². The van der Waals surface area contributed by atoms with Crippen LogP contribution in [0.2, 0.25) is 0 Å². The fraction of sp³-hybridized carbons (Fsp3) is 0.333. The third-order valence-electron chi connectivity index (χ3n) is 5.67. The Bertz CT molecular complexity index is 1080. The van der Waals surface area contributed by atoms with E-state index >= 15 is 0 Å². The third kappa shape index (κ3) is 4.58. The predicted molar refractivity (Wildman–Crippen MR) is 123 cm³/mol. The smallest absolute Gasteiger partial charge is 0.338 e. The highest BCUT2D eigenvalue weighted by atomic mass is 32.2. The molecule has 2 saturated heterocycles. The summed E-state index contributed by atoms with van der Waals surface area (Å²) < 4.78 is 16.1. The number of β-lactam (4-membered cyclic amide) rings is 1. The van der Waals surface area contributed by atoms with Gasteiger partial charge in [-0.25, -0.2) is 9.59 Å². The summed E-state index contributed by atoms with van der Waals surface area (Å²) in [5.41, 5.74) is -0.986. The Labute approximate surface area is 200 Å². The average Bonchev–Trinajstić information content (AvgIpc) is 2.86. The molecule has 2 aromatic rings. The van der Waals surface area contributed by atoms with Crippen LogP contribution in [0.25, 0.3) is 0 Å². The van der Waals surface area contributed by atoms with Crippen molar-refractivity contribution < 1.29 is 33.4 Å². The maximum Gasteiger partial charge on any atom is 0.338 e. The number of nitrogens with one attached hydrogen (secondary N) is 1. The molecule has 0 spiro atoms. The number of fused-ring (bicyclic) bond motifs is 1. The number of carbonyl (C=O) groups is 4. The molecule has 34 heavy (non-hydrogen) atoms. The Morgan fingerprint density at radius 2 is 1.74 bits per heavy atom. The van der Waals surface area contributed by atoms with Gasteiger partial charge in [0.1, 0.15) is 22.8 Å². The van der Waals surface area contributed by atoms with Crippen LogP contribution in [0.5, 0.6) is 5.75 Å². The first-order valence-electron chi connectivity index (χ1n) is 10.6. The first kappa shape index (κ1) is 23.6. The topological polar surface area (TPSA) is 111 Å². The zero-order chi connectivity index (χ0) is 24.3. The van der Waals surface area contributed by atoms with Gasteiger partial charge in [-0.15, -0.1) is 11.8 Å². The molecule has 4 atom stereocenters. The first-order valence-corrected chi connectivity index (χ1v) is 11.7. The summed E-state index contributed by atoms with van der Waals surface area (Å²) in [6.45, 7) is 1.35. The van der Waals surface area contributed by atoms with Crippen LogP contribution in [0, 0.1) is 0 Å². The predicted octanol–water partition coefficient (Wildman–Crippen LogP) is 1.62. The Morgan fingerprint density at radius 1 is 1.09 bits per heavy atom. The summed E-state index contributed by atoms with van der Waals surface area (Å²) in [6.07, 6.45) is 0. The lowest BCUT2D eigenvalue weighted by molar-refractivity contribution is -0.176. The molecule has 2 unspecified atom stereocenters. The van der Waals surface area contributed by atoms with Crippen molar-refractivity contribution in [2.75, 3.05) is 19.5 Å². The minimum absolute atomic E-state index is 0.229. The highest BCUT2D eigenvalue weighted by Gasteiger charge is 2.63. The minimum atomic E-state index is -1.32. The molecular formula is C24H24N2O7S. The van der Waals surface area contributed by atoms with Gasteiger partial charge >= 0.3 is 11.9 Å². The van der Waals surface area contributed by atoms with E-state index in [4.69, 9.17) is 14.2 Å². The lowest BCUT2D eigenvalue weighted by atomic mass is 9.90. The van der Waals surface area contributed by atoms with Gasteiger partial charge < -0.3 is 24.4 Å². The van der Waals surface area contributed by atoms with E-state index in [2.05, 4.69) is 5.32 Å². The van der Waals surface area contributed by atoms with Gasteiger partial charge in [0.15, 0.2) is 12.6 Å². The molecule has 9 nitrogen and oxygen atoms in total. The summed E-state index contributed by atoms with van der Waals surface area (Å²) in [7, 11) is 1.21. The van der Waals surface area contributed by atoms with Crippen LogP contribution >= 0.6 is 11.8 Å². The second-order valence-corrected chi connectivity index (χ2v) is 9.19. The number of ether oxygens (including phenoxy) is 3. The fourth-order valence-corrected chi connectivity index (χ4v) is 5.46. The van der Waals surface area contributed by atoms with Gasteiger partial charge in [-0.05, 0) is 31.2 Å². The number of thioether (sulfide) groups is 1. The van der Waals surface area contributed by atoms with E-state index in [9.17, 15) is 19.2 Å². The minimum Gasteiger partial charge on any atom is -0.484 e. The number of carbonyl (C=O) groups excluding carboxylic acids is 4. The Balaban J connectivity index is 1.44. The highest BCUT2D eigenvalue weighted by molar-refractivity contribution is 8.00. The number of benzene rings is 2. The second-order valence-electron chi connectivity index (χ2n) is 8.09. The summed E-state index contributed by atoms with van der Waals surface area (Å²) in [6, 6.07) is 15.3. The maximum atomic E-state index is 13.0. The van der Waals surface area contributed by atoms with E-state index in [1.807, 2.05) is 6.07 Å². The molecular weight excluding hydrogens is 460 g/mol. The van der Waals surface area contributed by atoms with Crippen LogP contribution < -0.4 is 10.1 Å². The standard InChI is InChI=1S/C24H24N2O7S/c1-24(33-22(29)15-9-5-3-6-10-15)14-34-21-18(20(28)26(21)19(24)23(30)31-2)25-17(27)13-32-16-11-7-4-8-12-16/h3-12,18-19,21H,13-14H2,1-2H3,(H,25,27)/t18?,19?,21-,24-/m1/s1. The van der Waals surface area contributed by atoms with Gasteiger partial charge in [0, 0.05) is 5.75 Å². The number of para-hydroxylation sites is 1. The summed E-state index contributed by atoms with van der Waals surface area (Å²) in [4.78, 5) is 52.1. The van der Waals surface area contributed by atoms with Crippen molar-refractivity contribution in [2.24, 2.45) is 0 Å². The third-order valence-corrected chi connectivity index (χ3v) is 7.25. The van der Waals surface area contributed by atoms with Crippen LogP contribution in [-0.2, 0) is 23.9 Å². The van der Waals surface area contributed by atoms with Crippen molar-refractivity contribution in [3.05, 3.63) is 66.2 Å².